The monoisotopic (exact) mass is 428 g/mol. The second kappa shape index (κ2) is 10.2. The van der Waals surface area contributed by atoms with E-state index in [0.717, 1.165) is 0 Å². The molecule has 1 unspecified atom stereocenters. The van der Waals surface area contributed by atoms with Crippen LogP contribution in [0.3, 0.4) is 0 Å². The molecule has 0 saturated carbocycles. The number of benzene rings is 2. The molecule has 1 N–H and O–H groups in total. The number of hydrogen-bond donors (Lipinski definition) is 1. The number of aliphatic hydroxyl groups is 1. The van der Waals surface area contributed by atoms with Crippen LogP contribution in [0.4, 0.5) is 0 Å². The van der Waals surface area contributed by atoms with Crippen molar-refractivity contribution in [2.75, 3.05) is 40.5 Å². The SMILES string of the molecule is CCOc1ccccc1C(=O)N1CC(=O)N(Cc2c(OC)cccc2OC)CC(O)C1. The van der Waals surface area contributed by atoms with E-state index < -0.39 is 6.10 Å². The lowest BCUT2D eigenvalue weighted by Crippen LogP contribution is -2.39. The molecule has 1 heterocycles. The molecule has 8 heteroatoms. The van der Waals surface area contributed by atoms with Crippen molar-refractivity contribution in [1.82, 2.24) is 9.80 Å². The zero-order valence-corrected chi connectivity index (χ0v) is 18.0. The van der Waals surface area contributed by atoms with Crippen molar-refractivity contribution in [1.29, 1.82) is 0 Å². The fourth-order valence-electron chi connectivity index (χ4n) is 3.67. The molecule has 0 spiro atoms. The van der Waals surface area contributed by atoms with Gasteiger partial charge in [0, 0.05) is 13.1 Å². The number of aliphatic hydroxyl groups excluding tert-OH is 1. The van der Waals surface area contributed by atoms with Crippen molar-refractivity contribution < 1.29 is 28.9 Å². The van der Waals surface area contributed by atoms with E-state index in [0.29, 0.717) is 35.0 Å². The Morgan fingerprint density at radius 2 is 1.68 bits per heavy atom. The van der Waals surface area contributed by atoms with Gasteiger partial charge in [-0.05, 0) is 31.2 Å². The number of nitrogens with zero attached hydrogens (tertiary/aromatic N) is 2. The topological polar surface area (TPSA) is 88.5 Å². The summed E-state index contributed by atoms with van der Waals surface area (Å²) in [7, 11) is 3.10. The summed E-state index contributed by atoms with van der Waals surface area (Å²) in [6.45, 7) is 2.45. The summed E-state index contributed by atoms with van der Waals surface area (Å²) in [5, 5.41) is 10.6. The lowest BCUT2D eigenvalue weighted by molar-refractivity contribution is -0.131. The Bertz CT molecular complexity index is 910. The summed E-state index contributed by atoms with van der Waals surface area (Å²) in [4.78, 5) is 29.0. The van der Waals surface area contributed by atoms with E-state index in [1.54, 1.807) is 56.7 Å². The van der Waals surface area contributed by atoms with E-state index in [-0.39, 0.29) is 38.0 Å². The van der Waals surface area contributed by atoms with Gasteiger partial charge in [-0.2, -0.15) is 0 Å². The summed E-state index contributed by atoms with van der Waals surface area (Å²) in [5.74, 6) is 1.01. The number of methoxy groups -OCH3 is 2. The average molecular weight is 428 g/mol. The van der Waals surface area contributed by atoms with E-state index in [2.05, 4.69) is 0 Å². The van der Waals surface area contributed by atoms with Gasteiger partial charge in [0.1, 0.15) is 23.8 Å². The van der Waals surface area contributed by atoms with Crippen molar-refractivity contribution >= 4 is 11.8 Å². The third-order valence-electron chi connectivity index (χ3n) is 5.12. The molecule has 2 aromatic carbocycles. The normalized spacial score (nSPS) is 16.6. The van der Waals surface area contributed by atoms with Gasteiger partial charge in [0.25, 0.3) is 5.91 Å². The van der Waals surface area contributed by atoms with Gasteiger partial charge in [-0.1, -0.05) is 18.2 Å². The smallest absolute Gasteiger partial charge is 0.258 e. The van der Waals surface area contributed by atoms with Gasteiger partial charge in [0.2, 0.25) is 5.91 Å². The Morgan fingerprint density at radius 1 is 1.03 bits per heavy atom. The fraction of sp³-hybridized carbons (Fsp3) is 0.391. The highest BCUT2D eigenvalue weighted by Gasteiger charge is 2.31. The first-order valence-corrected chi connectivity index (χ1v) is 10.1. The molecule has 1 saturated heterocycles. The molecule has 1 fully saturated rings. The largest absolute Gasteiger partial charge is 0.496 e. The van der Waals surface area contributed by atoms with Crippen LogP contribution in [0.15, 0.2) is 42.5 Å². The summed E-state index contributed by atoms with van der Waals surface area (Å²) in [6, 6.07) is 12.3. The van der Waals surface area contributed by atoms with Gasteiger partial charge >= 0.3 is 0 Å². The first-order chi connectivity index (χ1) is 15.0. The van der Waals surface area contributed by atoms with Crippen LogP contribution < -0.4 is 14.2 Å². The van der Waals surface area contributed by atoms with Gasteiger partial charge < -0.3 is 29.1 Å². The van der Waals surface area contributed by atoms with Crippen LogP contribution in [0.25, 0.3) is 0 Å². The maximum Gasteiger partial charge on any atom is 0.258 e. The maximum absolute atomic E-state index is 13.1. The molecule has 8 nitrogen and oxygen atoms in total. The number of amides is 2. The van der Waals surface area contributed by atoms with E-state index in [1.807, 2.05) is 6.92 Å². The van der Waals surface area contributed by atoms with Crippen LogP contribution in [0.1, 0.15) is 22.8 Å². The lowest BCUT2D eigenvalue weighted by atomic mass is 10.1. The number of β-amino-alcohol motifs (C(OH)–C–C–N with tert-alkyl or cyclic N) is 1. The summed E-state index contributed by atoms with van der Waals surface area (Å²) in [6.07, 6.45) is -0.893. The number of carbonyl (C=O) groups excluding carboxylic acids is 2. The van der Waals surface area contributed by atoms with Crippen LogP contribution in [-0.4, -0.2) is 73.3 Å². The Kier molecular flexibility index (Phi) is 7.36. The summed E-state index contributed by atoms with van der Waals surface area (Å²) >= 11 is 0. The zero-order chi connectivity index (χ0) is 22.4. The van der Waals surface area contributed by atoms with Gasteiger partial charge in [0.05, 0.1) is 44.6 Å². The minimum Gasteiger partial charge on any atom is -0.496 e. The molecule has 166 valence electrons. The number of rotatable bonds is 7. The number of para-hydroxylation sites is 1. The standard InChI is InChI=1S/C23H28N2O6/c1-4-31-21-9-6-5-8-17(21)23(28)25-13-16(26)12-24(22(27)15-25)14-18-19(29-2)10-7-11-20(18)30-3/h5-11,16,26H,4,12-15H2,1-3H3. The van der Waals surface area contributed by atoms with E-state index >= 15 is 0 Å². The number of carbonyl (C=O) groups is 2. The lowest BCUT2D eigenvalue weighted by Gasteiger charge is -2.24. The Morgan fingerprint density at radius 3 is 2.32 bits per heavy atom. The quantitative estimate of drug-likeness (QED) is 0.725. The molecule has 0 bridgehead atoms. The molecule has 1 atom stereocenters. The molecule has 2 aromatic rings. The fourth-order valence-corrected chi connectivity index (χ4v) is 3.67. The Labute approximate surface area is 181 Å². The van der Waals surface area contributed by atoms with Gasteiger partial charge in [-0.3, -0.25) is 9.59 Å². The molecule has 0 aromatic heterocycles. The molecular weight excluding hydrogens is 400 g/mol. The highest BCUT2D eigenvalue weighted by Crippen LogP contribution is 2.30. The predicted octanol–water partition coefficient (Wildman–Crippen LogP) is 1.95. The second-order valence-electron chi connectivity index (χ2n) is 7.18. The molecule has 0 radical (unpaired) electrons. The van der Waals surface area contributed by atoms with Crippen molar-refractivity contribution in [2.24, 2.45) is 0 Å². The van der Waals surface area contributed by atoms with Crippen LogP contribution in [0.5, 0.6) is 17.2 Å². The first kappa shape index (κ1) is 22.4. The summed E-state index contributed by atoms with van der Waals surface area (Å²) < 4.78 is 16.4. The van der Waals surface area contributed by atoms with Crippen LogP contribution in [-0.2, 0) is 11.3 Å². The molecule has 31 heavy (non-hydrogen) atoms. The van der Waals surface area contributed by atoms with Gasteiger partial charge in [-0.15, -0.1) is 0 Å². The van der Waals surface area contributed by atoms with E-state index in [1.165, 1.54) is 9.80 Å². The van der Waals surface area contributed by atoms with Crippen molar-refractivity contribution in [2.45, 2.75) is 19.6 Å². The predicted molar refractivity (Wildman–Crippen MR) is 114 cm³/mol. The van der Waals surface area contributed by atoms with Crippen molar-refractivity contribution in [3.8, 4) is 17.2 Å². The van der Waals surface area contributed by atoms with Crippen LogP contribution in [0.2, 0.25) is 0 Å². The van der Waals surface area contributed by atoms with Gasteiger partial charge in [-0.25, -0.2) is 0 Å². The molecule has 2 amide bonds. The van der Waals surface area contributed by atoms with Crippen molar-refractivity contribution in [3.05, 3.63) is 53.6 Å². The zero-order valence-electron chi connectivity index (χ0n) is 18.0. The second-order valence-corrected chi connectivity index (χ2v) is 7.18. The third kappa shape index (κ3) is 5.08. The molecule has 1 aliphatic heterocycles. The minimum atomic E-state index is -0.893. The number of hydrogen-bond acceptors (Lipinski definition) is 6. The molecular formula is C23H28N2O6. The van der Waals surface area contributed by atoms with Crippen LogP contribution in [0, 0.1) is 0 Å². The highest BCUT2D eigenvalue weighted by molar-refractivity contribution is 5.99. The Balaban J connectivity index is 1.82. The van der Waals surface area contributed by atoms with E-state index in [9.17, 15) is 14.7 Å². The molecule has 0 aliphatic carbocycles. The highest BCUT2D eigenvalue weighted by atomic mass is 16.5. The first-order valence-electron chi connectivity index (χ1n) is 10.1. The third-order valence-corrected chi connectivity index (χ3v) is 5.12. The van der Waals surface area contributed by atoms with Crippen LogP contribution >= 0.6 is 0 Å². The summed E-state index contributed by atoms with van der Waals surface area (Å²) in [5.41, 5.74) is 1.07. The molecule has 1 aliphatic rings. The maximum atomic E-state index is 13.1. The van der Waals surface area contributed by atoms with E-state index in [4.69, 9.17) is 14.2 Å². The van der Waals surface area contributed by atoms with Crippen molar-refractivity contribution in [3.63, 3.8) is 0 Å². The molecule has 3 rings (SSSR count). The number of ether oxygens (including phenoxy) is 3. The average Bonchev–Trinajstić information content (AvgIpc) is 2.91. The van der Waals surface area contributed by atoms with Gasteiger partial charge in [0.15, 0.2) is 0 Å². The Hall–Kier alpha value is -3.26. The minimum absolute atomic E-state index is 0.0462.